The zero-order chi connectivity index (χ0) is 19.8. The average molecular weight is 377 g/mol. The molecule has 4 rings (SSSR count). The SMILES string of the molecule is CN(C)c1ccc(-c2ccnc(N3CCc4c(c(C(N)=O)nn4C)C3)n2)cc1. The quantitative estimate of drug-likeness (QED) is 0.742. The lowest BCUT2D eigenvalue weighted by Gasteiger charge is -2.27. The van der Waals surface area contributed by atoms with Crippen LogP contribution in [0.25, 0.3) is 11.3 Å². The van der Waals surface area contributed by atoms with Crippen molar-refractivity contribution in [1.29, 1.82) is 0 Å². The molecule has 0 radical (unpaired) electrons. The maximum Gasteiger partial charge on any atom is 0.269 e. The second-order valence-corrected chi connectivity index (χ2v) is 7.12. The molecule has 0 unspecified atom stereocenters. The predicted octanol–water partition coefficient (Wildman–Crippen LogP) is 1.60. The van der Waals surface area contributed by atoms with Crippen molar-refractivity contribution >= 4 is 17.5 Å². The number of rotatable bonds is 4. The first kappa shape index (κ1) is 18.0. The molecule has 0 atom stereocenters. The molecule has 28 heavy (non-hydrogen) atoms. The van der Waals surface area contributed by atoms with Crippen LogP contribution in [0.1, 0.15) is 21.7 Å². The molecule has 2 N–H and O–H groups in total. The monoisotopic (exact) mass is 377 g/mol. The van der Waals surface area contributed by atoms with Crippen LogP contribution < -0.4 is 15.5 Å². The van der Waals surface area contributed by atoms with Crippen molar-refractivity contribution in [2.24, 2.45) is 12.8 Å². The van der Waals surface area contributed by atoms with Crippen molar-refractivity contribution in [2.45, 2.75) is 13.0 Å². The summed E-state index contributed by atoms with van der Waals surface area (Å²) in [6, 6.07) is 10.2. The van der Waals surface area contributed by atoms with E-state index < -0.39 is 5.91 Å². The fourth-order valence-electron chi connectivity index (χ4n) is 3.55. The minimum absolute atomic E-state index is 0.331. The number of amides is 1. The molecule has 3 heterocycles. The minimum atomic E-state index is -0.505. The highest BCUT2D eigenvalue weighted by molar-refractivity contribution is 5.92. The lowest BCUT2D eigenvalue weighted by atomic mass is 10.1. The molecule has 0 aliphatic carbocycles. The molecule has 1 aliphatic heterocycles. The Hall–Kier alpha value is -3.42. The van der Waals surface area contributed by atoms with Crippen LogP contribution in [-0.2, 0) is 20.0 Å². The van der Waals surface area contributed by atoms with Gasteiger partial charge in [-0.3, -0.25) is 9.48 Å². The number of hydrogen-bond acceptors (Lipinski definition) is 6. The van der Waals surface area contributed by atoms with E-state index in [2.05, 4.69) is 44.1 Å². The van der Waals surface area contributed by atoms with Crippen LogP contribution in [-0.4, -0.2) is 46.3 Å². The molecule has 0 fully saturated rings. The van der Waals surface area contributed by atoms with Gasteiger partial charge in [-0.2, -0.15) is 5.10 Å². The summed E-state index contributed by atoms with van der Waals surface area (Å²) in [6.45, 7) is 1.28. The van der Waals surface area contributed by atoms with E-state index >= 15 is 0 Å². The fourth-order valence-corrected chi connectivity index (χ4v) is 3.55. The van der Waals surface area contributed by atoms with Crippen molar-refractivity contribution in [3.63, 3.8) is 0 Å². The Morgan fingerprint density at radius 2 is 1.93 bits per heavy atom. The third-order valence-corrected chi connectivity index (χ3v) is 5.08. The number of carbonyl (C=O) groups is 1. The fraction of sp³-hybridized carbons (Fsp3) is 0.300. The van der Waals surface area contributed by atoms with Crippen LogP contribution in [0.5, 0.6) is 0 Å². The summed E-state index contributed by atoms with van der Waals surface area (Å²) in [5, 5.41) is 4.28. The van der Waals surface area contributed by atoms with Crippen molar-refractivity contribution < 1.29 is 4.79 Å². The topological polar surface area (TPSA) is 93.2 Å². The first-order valence-corrected chi connectivity index (χ1v) is 9.14. The number of benzene rings is 1. The first-order valence-electron chi connectivity index (χ1n) is 9.14. The minimum Gasteiger partial charge on any atom is -0.378 e. The third kappa shape index (κ3) is 3.17. The molecule has 1 aliphatic rings. The second kappa shape index (κ2) is 6.95. The van der Waals surface area contributed by atoms with Crippen LogP contribution in [0.2, 0.25) is 0 Å². The first-order chi connectivity index (χ1) is 13.4. The summed E-state index contributed by atoms with van der Waals surface area (Å²) in [4.78, 5) is 25.1. The summed E-state index contributed by atoms with van der Waals surface area (Å²) in [7, 11) is 5.87. The highest BCUT2D eigenvalue weighted by Crippen LogP contribution is 2.26. The Labute approximate surface area is 163 Å². The van der Waals surface area contributed by atoms with Gasteiger partial charge in [0.1, 0.15) is 0 Å². The summed E-state index contributed by atoms with van der Waals surface area (Å²) in [6.07, 6.45) is 2.53. The average Bonchev–Trinajstić information content (AvgIpc) is 3.04. The summed E-state index contributed by atoms with van der Waals surface area (Å²) < 4.78 is 1.75. The van der Waals surface area contributed by atoms with Gasteiger partial charge in [-0.1, -0.05) is 12.1 Å². The van der Waals surface area contributed by atoms with Crippen LogP contribution >= 0.6 is 0 Å². The molecule has 0 bridgehead atoms. The molecule has 0 saturated carbocycles. The van der Waals surface area contributed by atoms with E-state index in [9.17, 15) is 4.79 Å². The number of primary amides is 1. The van der Waals surface area contributed by atoms with Crippen LogP contribution in [0, 0.1) is 0 Å². The van der Waals surface area contributed by atoms with Gasteiger partial charge >= 0.3 is 0 Å². The van der Waals surface area contributed by atoms with Gasteiger partial charge in [-0.15, -0.1) is 0 Å². The van der Waals surface area contributed by atoms with Gasteiger partial charge in [0.15, 0.2) is 5.69 Å². The number of carbonyl (C=O) groups excluding carboxylic acids is 1. The smallest absolute Gasteiger partial charge is 0.269 e. The van der Waals surface area contributed by atoms with Gasteiger partial charge < -0.3 is 15.5 Å². The highest BCUT2D eigenvalue weighted by Gasteiger charge is 2.27. The van der Waals surface area contributed by atoms with Gasteiger partial charge in [0.05, 0.1) is 12.2 Å². The van der Waals surface area contributed by atoms with E-state index in [0.717, 1.165) is 41.2 Å². The molecule has 1 amide bonds. The maximum atomic E-state index is 11.7. The lowest BCUT2D eigenvalue weighted by Crippen LogP contribution is -2.33. The van der Waals surface area contributed by atoms with E-state index in [1.165, 1.54) is 0 Å². The zero-order valence-electron chi connectivity index (χ0n) is 16.3. The number of nitrogens with zero attached hydrogens (tertiary/aromatic N) is 6. The number of hydrogen-bond donors (Lipinski definition) is 1. The molecule has 0 spiro atoms. The Bertz CT molecular complexity index is 1020. The number of nitrogens with two attached hydrogens (primary N) is 1. The van der Waals surface area contributed by atoms with Gasteiger partial charge in [0, 0.05) is 62.8 Å². The normalized spacial score (nSPS) is 13.3. The molecule has 1 aromatic carbocycles. The number of aromatic nitrogens is 4. The molecule has 0 saturated heterocycles. The molecule has 2 aromatic heterocycles. The molecular formula is C20H23N7O. The molecule has 8 heteroatoms. The van der Waals surface area contributed by atoms with E-state index in [-0.39, 0.29) is 0 Å². The Balaban J connectivity index is 1.63. The summed E-state index contributed by atoms with van der Waals surface area (Å²) in [5.41, 5.74) is 10.8. The van der Waals surface area contributed by atoms with Gasteiger partial charge in [-0.05, 0) is 18.2 Å². The van der Waals surface area contributed by atoms with Crippen molar-refractivity contribution in [2.75, 3.05) is 30.4 Å². The Morgan fingerprint density at radius 1 is 1.18 bits per heavy atom. The van der Waals surface area contributed by atoms with Crippen molar-refractivity contribution in [3.05, 3.63) is 53.5 Å². The van der Waals surface area contributed by atoms with E-state index in [1.807, 2.05) is 27.2 Å². The number of anilines is 2. The standard InChI is InChI=1S/C20H23N7O/c1-25(2)14-6-4-13(5-7-14)16-8-10-22-20(23-16)27-11-9-17-15(12-27)18(19(21)28)24-26(17)3/h4-8,10H,9,11-12H2,1-3H3,(H2,21,28). The largest absolute Gasteiger partial charge is 0.378 e. The van der Waals surface area contributed by atoms with Crippen LogP contribution in [0.15, 0.2) is 36.5 Å². The number of fused-ring (bicyclic) bond motifs is 1. The summed E-state index contributed by atoms with van der Waals surface area (Å²) in [5.74, 6) is 0.133. The van der Waals surface area contributed by atoms with E-state index in [0.29, 0.717) is 18.2 Å². The van der Waals surface area contributed by atoms with Gasteiger partial charge in [0.2, 0.25) is 5.95 Å². The lowest BCUT2D eigenvalue weighted by molar-refractivity contribution is 0.0994. The summed E-state index contributed by atoms with van der Waals surface area (Å²) >= 11 is 0. The maximum absolute atomic E-state index is 11.7. The van der Waals surface area contributed by atoms with Crippen LogP contribution in [0.3, 0.4) is 0 Å². The van der Waals surface area contributed by atoms with Gasteiger partial charge in [0.25, 0.3) is 5.91 Å². The molecule has 144 valence electrons. The zero-order valence-corrected chi connectivity index (χ0v) is 16.3. The van der Waals surface area contributed by atoms with E-state index in [4.69, 9.17) is 10.7 Å². The number of aryl methyl sites for hydroxylation is 1. The van der Waals surface area contributed by atoms with Crippen molar-refractivity contribution in [1.82, 2.24) is 19.7 Å². The van der Waals surface area contributed by atoms with Crippen molar-refractivity contribution in [3.8, 4) is 11.3 Å². The highest BCUT2D eigenvalue weighted by atomic mass is 16.1. The molecular weight excluding hydrogens is 354 g/mol. The Kier molecular flexibility index (Phi) is 4.46. The Morgan fingerprint density at radius 3 is 2.61 bits per heavy atom. The van der Waals surface area contributed by atoms with E-state index in [1.54, 1.807) is 10.9 Å². The predicted molar refractivity (Wildman–Crippen MR) is 108 cm³/mol. The van der Waals surface area contributed by atoms with Gasteiger partial charge in [-0.25, -0.2) is 9.97 Å². The third-order valence-electron chi connectivity index (χ3n) is 5.08. The second-order valence-electron chi connectivity index (χ2n) is 7.12. The van der Waals surface area contributed by atoms with Crippen LogP contribution in [0.4, 0.5) is 11.6 Å². The molecule has 8 nitrogen and oxygen atoms in total. The molecule has 3 aromatic rings.